The van der Waals surface area contributed by atoms with Gasteiger partial charge in [-0.3, -0.25) is 5.32 Å². The predicted octanol–water partition coefficient (Wildman–Crippen LogP) is 1.29. The van der Waals surface area contributed by atoms with Crippen LogP contribution in [0, 0.1) is 17.2 Å². The smallest absolute Gasteiger partial charge is 0.0967 e. The maximum absolute atomic E-state index is 9.13. The molecule has 0 amide bonds. The van der Waals surface area contributed by atoms with Crippen molar-refractivity contribution in [2.45, 2.75) is 45.2 Å². The monoisotopic (exact) mass is 264 g/mol. The van der Waals surface area contributed by atoms with Crippen LogP contribution < -0.4 is 5.32 Å². The van der Waals surface area contributed by atoms with Crippen LogP contribution >= 0.6 is 0 Å². The summed E-state index contributed by atoms with van der Waals surface area (Å²) in [5.74, 6) is 0.761. The van der Waals surface area contributed by atoms with Gasteiger partial charge >= 0.3 is 0 Å². The van der Waals surface area contributed by atoms with Gasteiger partial charge in [0.05, 0.1) is 12.1 Å². The van der Waals surface area contributed by atoms with Gasteiger partial charge in [0.1, 0.15) is 0 Å². The Morgan fingerprint density at radius 2 is 1.79 bits per heavy atom. The molecule has 0 spiro atoms. The van der Waals surface area contributed by atoms with E-state index in [4.69, 9.17) is 5.26 Å². The van der Waals surface area contributed by atoms with Crippen LogP contribution in [0.2, 0.25) is 0 Å². The number of rotatable bonds is 7. The zero-order valence-corrected chi connectivity index (χ0v) is 12.4. The lowest BCUT2D eigenvalue weighted by molar-refractivity contribution is 0.120. The van der Waals surface area contributed by atoms with Gasteiger partial charge in [0, 0.05) is 45.3 Å². The van der Waals surface area contributed by atoms with E-state index in [0.717, 1.165) is 32.0 Å². The minimum absolute atomic E-state index is 0.0567. The molecule has 1 unspecified atom stereocenters. The van der Waals surface area contributed by atoms with E-state index in [1.165, 1.54) is 32.5 Å². The molecule has 1 saturated carbocycles. The summed E-state index contributed by atoms with van der Waals surface area (Å²) < 4.78 is 0. The molecule has 108 valence electrons. The molecule has 0 aromatic carbocycles. The maximum atomic E-state index is 9.13. The minimum Gasteiger partial charge on any atom is -0.301 e. The van der Waals surface area contributed by atoms with Gasteiger partial charge in [-0.2, -0.15) is 5.26 Å². The van der Waals surface area contributed by atoms with Gasteiger partial charge in [0.25, 0.3) is 0 Å². The quantitative estimate of drug-likeness (QED) is 0.752. The van der Waals surface area contributed by atoms with Crippen molar-refractivity contribution in [3.8, 4) is 6.07 Å². The number of hydrogen-bond acceptors (Lipinski definition) is 4. The lowest BCUT2D eigenvalue weighted by Gasteiger charge is -2.35. The summed E-state index contributed by atoms with van der Waals surface area (Å²) in [6.07, 6.45) is 3.48. The molecule has 2 rings (SSSR count). The Labute approximate surface area is 117 Å². The van der Waals surface area contributed by atoms with Crippen LogP contribution in [0.4, 0.5) is 0 Å². The molecule has 4 heteroatoms. The van der Waals surface area contributed by atoms with Gasteiger partial charge in [-0.1, -0.05) is 13.8 Å². The third-order valence-corrected chi connectivity index (χ3v) is 3.99. The summed E-state index contributed by atoms with van der Waals surface area (Å²) >= 11 is 0. The second kappa shape index (κ2) is 7.23. The van der Waals surface area contributed by atoms with Crippen LogP contribution in [-0.4, -0.2) is 61.2 Å². The average Bonchev–Trinajstić information content (AvgIpc) is 3.19. The third-order valence-electron chi connectivity index (χ3n) is 3.99. The van der Waals surface area contributed by atoms with Gasteiger partial charge < -0.3 is 9.80 Å². The second-order valence-electron chi connectivity index (χ2n) is 6.45. The highest BCUT2D eigenvalue weighted by molar-refractivity contribution is 4.96. The first-order valence-corrected chi connectivity index (χ1v) is 7.77. The van der Waals surface area contributed by atoms with Crippen molar-refractivity contribution in [2.24, 2.45) is 5.92 Å². The number of hydrogen-bond donors (Lipinski definition) is 1. The van der Waals surface area contributed by atoms with E-state index >= 15 is 0 Å². The molecule has 0 radical (unpaired) electrons. The maximum Gasteiger partial charge on any atom is 0.0967 e. The summed E-state index contributed by atoms with van der Waals surface area (Å²) in [6, 6.07) is 3.09. The Hall–Kier alpha value is -0.630. The summed E-state index contributed by atoms with van der Waals surface area (Å²) in [5, 5.41) is 12.6. The fraction of sp³-hybridized carbons (Fsp3) is 0.933. The van der Waals surface area contributed by atoms with E-state index in [0.29, 0.717) is 6.04 Å². The van der Waals surface area contributed by atoms with Crippen LogP contribution in [0.1, 0.15) is 33.1 Å². The standard InChI is InChI=1S/C15H28N4/c1-13(2)12-19-9-7-18(8-10-19)6-5-15(11-16)17-14-3-4-14/h13-15,17H,3-10,12H2,1-2H3. The third kappa shape index (κ3) is 5.48. The molecule has 0 bridgehead atoms. The lowest BCUT2D eigenvalue weighted by Crippen LogP contribution is -2.48. The Kier molecular flexibility index (Phi) is 5.62. The zero-order valence-electron chi connectivity index (χ0n) is 12.4. The molecule has 1 atom stereocenters. The molecule has 2 aliphatic rings. The number of nitriles is 1. The van der Waals surface area contributed by atoms with E-state index in [9.17, 15) is 0 Å². The highest BCUT2D eigenvalue weighted by Crippen LogP contribution is 2.20. The zero-order chi connectivity index (χ0) is 13.7. The van der Waals surface area contributed by atoms with Gasteiger partial charge in [-0.25, -0.2) is 0 Å². The van der Waals surface area contributed by atoms with Crippen molar-refractivity contribution in [2.75, 3.05) is 39.3 Å². The van der Waals surface area contributed by atoms with Crippen molar-refractivity contribution in [1.82, 2.24) is 15.1 Å². The molecular formula is C15H28N4. The molecule has 1 heterocycles. The lowest BCUT2D eigenvalue weighted by atomic mass is 10.1. The molecular weight excluding hydrogens is 236 g/mol. The molecule has 4 nitrogen and oxygen atoms in total. The van der Waals surface area contributed by atoms with Gasteiger partial charge in [0.15, 0.2) is 0 Å². The van der Waals surface area contributed by atoms with Crippen LogP contribution in [0.25, 0.3) is 0 Å². The van der Waals surface area contributed by atoms with Crippen LogP contribution in [0.3, 0.4) is 0 Å². The van der Waals surface area contributed by atoms with Gasteiger partial charge in [-0.15, -0.1) is 0 Å². The second-order valence-corrected chi connectivity index (χ2v) is 6.45. The van der Waals surface area contributed by atoms with Crippen LogP contribution in [0.5, 0.6) is 0 Å². The molecule has 0 aromatic heterocycles. The normalized spacial score (nSPS) is 23.5. The average molecular weight is 264 g/mol. The van der Waals surface area contributed by atoms with Crippen molar-refractivity contribution >= 4 is 0 Å². The molecule has 0 aromatic rings. The number of piperazine rings is 1. The van der Waals surface area contributed by atoms with Crippen molar-refractivity contribution in [3.05, 3.63) is 0 Å². The first-order chi connectivity index (χ1) is 9.17. The SMILES string of the molecule is CC(C)CN1CCN(CCC(C#N)NC2CC2)CC1. The molecule has 19 heavy (non-hydrogen) atoms. The number of nitrogens with zero attached hydrogens (tertiary/aromatic N) is 3. The van der Waals surface area contributed by atoms with E-state index in [1.54, 1.807) is 0 Å². The summed E-state index contributed by atoms with van der Waals surface area (Å²) in [5.41, 5.74) is 0. The fourth-order valence-electron chi connectivity index (χ4n) is 2.74. The molecule has 1 saturated heterocycles. The Balaban J connectivity index is 1.60. The summed E-state index contributed by atoms with van der Waals surface area (Å²) in [7, 11) is 0. The van der Waals surface area contributed by atoms with Crippen molar-refractivity contribution in [1.29, 1.82) is 5.26 Å². The van der Waals surface area contributed by atoms with Crippen molar-refractivity contribution in [3.63, 3.8) is 0 Å². The number of nitrogens with one attached hydrogen (secondary N) is 1. The first kappa shape index (κ1) is 14.8. The van der Waals surface area contributed by atoms with E-state index in [2.05, 4.69) is 35.0 Å². The van der Waals surface area contributed by atoms with Crippen LogP contribution in [0.15, 0.2) is 0 Å². The Morgan fingerprint density at radius 3 is 2.32 bits per heavy atom. The molecule has 1 N–H and O–H groups in total. The summed E-state index contributed by atoms with van der Waals surface area (Å²) in [4.78, 5) is 5.07. The van der Waals surface area contributed by atoms with Crippen molar-refractivity contribution < 1.29 is 0 Å². The highest BCUT2D eigenvalue weighted by atomic mass is 15.3. The Bertz CT molecular complexity index is 298. The van der Waals surface area contributed by atoms with E-state index in [-0.39, 0.29) is 6.04 Å². The van der Waals surface area contributed by atoms with E-state index in [1.807, 2.05) is 0 Å². The van der Waals surface area contributed by atoms with Gasteiger partial charge in [0.2, 0.25) is 0 Å². The molecule has 2 fully saturated rings. The van der Waals surface area contributed by atoms with E-state index < -0.39 is 0 Å². The topological polar surface area (TPSA) is 42.3 Å². The molecule has 1 aliphatic heterocycles. The van der Waals surface area contributed by atoms with Gasteiger partial charge in [-0.05, 0) is 25.2 Å². The summed E-state index contributed by atoms with van der Waals surface area (Å²) in [6.45, 7) is 11.5. The largest absolute Gasteiger partial charge is 0.301 e. The molecule has 1 aliphatic carbocycles. The minimum atomic E-state index is 0.0567. The fourth-order valence-corrected chi connectivity index (χ4v) is 2.74. The predicted molar refractivity (Wildman–Crippen MR) is 77.9 cm³/mol. The first-order valence-electron chi connectivity index (χ1n) is 7.77. The Morgan fingerprint density at radius 1 is 1.16 bits per heavy atom. The van der Waals surface area contributed by atoms with Crippen LogP contribution in [-0.2, 0) is 0 Å². The highest BCUT2D eigenvalue weighted by Gasteiger charge is 2.25.